The molecule has 0 aliphatic rings. The third kappa shape index (κ3) is 39.7. The molecule has 0 bridgehead atoms. The summed E-state index contributed by atoms with van der Waals surface area (Å²) in [6.07, 6.45) is 53.5. The van der Waals surface area contributed by atoms with Crippen LogP contribution in [0, 0.1) is 0 Å². The van der Waals surface area contributed by atoms with Crippen molar-refractivity contribution < 1.29 is 38.2 Å². The van der Waals surface area contributed by atoms with Crippen LogP contribution in [0.2, 0.25) is 0 Å². The van der Waals surface area contributed by atoms with E-state index in [1.165, 1.54) is 57.8 Å². The molecule has 8 heteroatoms. The highest BCUT2D eigenvalue weighted by Gasteiger charge is 2.31. The van der Waals surface area contributed by atoms with Crippen LogP contribution in [0.1, 0.15) is 168 Å². The van der Waals surface area contributed by atoms with E-state index in [9.17, 15) is 19.5 Å². The van der Waals surface area contributed by atoms with E-state index in [4.69, 9.17) is 14.2 Å². The Morgan fingerprint density at radius 2 is 0.949 bits per heavy atom. The van der Waals surface area contributed by atoms with Crippen molar-refractivity contribution >= 4 is 17.9 Å². The number of quaternary nitrogens is 1. The van der Waals surface area contributed by atoms with Crippen LogP contribution in [-0.2, 0) is 28.6 Å². The fraction of sp³-hybridized carbons (Fsp3) is 0.667. The Hall–Kier alpha value is -3.49. The lowest BCUT2D eigenvalue weighted by Gasteiger charge is -2.31. The van der Waals surface area contributed by atoms with Crippen LogP contribution in [0.25, 0.3) is 0 Å². The van der Waals surface area contributed by atoms with E-state index in [1.54, 1.807) is 0 Å². The number of carbonyl (C=O) groups is 3. The molecule has 2 atom stereocenters. The summed E-state index contributed by atoms with van der Waals surface area (Å²) in [6.45, 7) is 4.55. The number of carboxylic acids is 1. The molecule has 1 N–H and O–H groups in total. The van der Waals surface area contributed by atoms with Crippen LogP contribution >= 0.6 is 0 Å². The predicted molar refractivity (Wildman–Crippen MR) is 247 cm³/mol. The summed E-state index contributed by atoms with van der Waals surface area (Å²) in [6, 6.07) is -0.628. The lowest BCUT2D eigenvalue weighted by atomic mass is 10.0. The summed E-state index contributed by atoms with van der Waals surface area (Å²) in [5, 5.41) is 9.62. The molecule has 0 aliphatic carbocycles. The second-order valence-corrected chi connectivity index (χ2v) is 16.3. The van der Waals surface area contributed by atoms with Gasteiger partial charge in [0.15, 0.2) is 12.1 Å². The molecule has 0 radical (unpaired) electrons. The van der Waals surface area contributed by atoms with Gasteiger partial charge in [-0.15, -0.1) is 0 Å². The number of rotatable bonds is 40. The second kappa shape index (κ2) is 41.3. The van der Waals surface area contributed by atoms with Gasteiger partial charge in [-0.1, -0.05) is 170 Å². The minimum atomic E-state index is -0.887. The van der Waals surface area contributed by atoms with Crippen molar-refractivity contribution in [3.63, 3.8) is 0 Å². The quantitative estimate of drug-likeness (QED) is 0.0284. The van der Waals surface area contributed by atoms with E-state index < -0.39 is 18.1 Å². The van der Waals surface area contributed by atoms with Crippen molar-refractivity contribution in [2.24, 2.45) is 0 Å². The molecule has 336 valence electrons. The van der Waals surface area contributed by atoms with Crippen molar-refractivity contribution in [3.05, 3.63) is 85.1 Å². The smallest absolute Gasteiger partial charge is 0.362 e. The molecule has 0 saturated carbocycles. The Morgan fingerprint density at radius 1 is 0.525 bits per heavy atom. The van der Waals surface area contributed by atoms with Gasteiger partial charge in [0.25, 0.3) is 0 Å². The van der Waals surface area contributed by atoms with Gasteiger partial charge < -0.3 is 23.8 Å². The van der Waals surface area contributed by atoms with E-state index >= 15 is 0 Å². The zero-order valence-electron chi connectivity index (χ0n) is 38.2. The molecule has 0 spiro atoms. The van der Waals surface area contributed by atoms with Crippen molar-refractivity contribution in [2.75, 3.05) is 41.0 Å². The monoisotopic (exact) mass is 825 g/mol. The SMILES string of the molecule is CC/C=C/C/C=C/C/C=C/C/C=C/C/C=C/C/C=C/C/C=C/CCCC(=O)OC(COCCC(C(=O)O)[N+](C)(C)C)COC(=O)CCCCCCCCCCCCCC. The average molecular weight is 825 g/mol. The van der Waals surface area contributed by atoms with Gasteiger partial charge in [0, 0.05) is 19.3 Å². The van der Waals surface area contributed by atoms with E-state index in [2.05, 4.69) is 98.9 Å². The van der Waals surface area contributed by atoms with Crippen molar-refractivity contribution in [3.8, 4) is 0 Å². The number of aliphatic carboxylic acids is 1. The van der Waals surface area contributed by atoms with Crippen LogP contribution in [0.3, 0.4) is 0 Å². The third-order valence-corrected chi connectivity index (χ3v) is 9.81. The number of likely N-dealkylation sites (N-methyl/N-ethyl adjacent to an activating group) is 1. The summed E-state index contributed by atoms with van der Waals surface area (Å²) in [5.41, 5.74) is 0. The largest absolute Gasteiger partial charge is 0.477 e. The standard InChI is InChI=1S/C51H85NO7/c1-6-8-10-12-14-16-18-20-21-22-23-24-25-26-27-28-29-30-32-34-36-38-40-42-50(54)59-47(45-57-44-43-48(51(55)56)52(3,4)5)46-58-49(53)41-39-37-35-33-31-19-17-15-13-11-9-7-2/h8,10,14,16,20-21,23-24,26-27,29-30,34,36,47-48H,6-7,9,11-13,15,17-19,22,25,28,31-33,35,37-46H2,1-5H3/p+1/b10-8+,16-14+,21-20+,24-23+,27-26+,30-29+,36-34+. The predicted octanol–water partition coefficient (Wildman–Crippen LogP) is 12.9. The Balaban J connectivity index is 4.43. The van der Waals surface area contributed by atoms with Crippen LogP contribution in [0.5, 0.6) is 0 Å². The first-order valence-electron chi connectivity index (χ1n) is 23.1. The van der Waals surface area contributed by atoms with Gasteiger partial charge in [-0.25, -0.2) is 4.79 Å². The Bertz CT molecular complexity index is 1240. The molecule has 0 aromatic carbocycles. The Morgan fingerprint density at radius 3 is 1.39 bits per heavy atom. The number of hydrogen-bond donors (Lipinski definition) is 1. The molecule has 8 nitrogen and oxygen atoms in total. The van der Waals surface area contributed by atoms with Crippen LogP contribution < -0.4 is 0 Å². The summed E-state index contributed by atoms with van der Waals surface area (Å²) in [7, 11) is 5.50. The Kier molecular flexibility index (Phi) is 38.8. The minimum absolute atomic E-state index is 0.0347. The highest BCUT2D eigenvalue weighted by Crippen LogP contribution is 2.14. The van der Waals surface area contributed by atoms with E-state index in [1.807, 2.05) is 21.1 Å². The molecular weight excluding hydrogens is 739 g/mol. The van der Waals surface area contributed by atoms with Gasteiger partial charge in [-0.05, 0) is 64.2 Å². The molecule has 0 rings (SSSR count). The molecule has 2 unspecified atom stereocenters. The molecule has 0 aromatic heterocycles. The number of ether oxygens (including phenoxy) is 3. The van der Waals surface area contributed by atoms with Crippen molar-refractivity contribution in [1.29, 1.82) is 0 Å². The highest BCUT2D eigenvalue weighted by molar-refractivity contribution is 5.72. The topological polar surface area (TPSA) is 99.1 Å². The zero-order chi connectivity index (χ0) is 43.5. The molecular formula is C51H86NO7+. The van der Waals surface area contributed by atoms with Crippen molar-refractivity contribution in [2.45, 2.75) is 180 Å². The van der Waals surface area contributed by atoms with Gasteiger partial charge in [0.05, 0.1) is 34.4 Å². The number of unbranched alkanes of at least 4 members (excludes halogenated alkanes) is 12. The molecule has 0 aliphatic heterocycles. The summed E-state index contributed by atoms with van der Waals surface area (Å²) in [4.78, 5) is 37.0. The van der Waals surface area contributed by atoms with Crippen LogP contribution in [-0.4, -0.2) is 80.6 Å². The zero-order valence-corrected chi connectivity index (χ0v) is 38.2. The first-order valence-corrected chi connectivity index (χ1v) is 23.1. The first kappa shape index (κ1) is 55.5. The molecule has 0 fully saturated rings. The number of nitrogens with zero attached hydrogens (tertiary/aromatic N) is 1. The lowest BCUT2D eigenvalue weighted by Crippen LogP contribution is -2.50. The van der Waals surface area contributed by atoms with Gasteiger partial charge >= 0.3 is 17.9 Å². The van der Waals surface area contributed by atoms with Crippen molar-refractivity contribution in [1.82, 2.24) is 0 Å². The highest BCUT2D eigenvalue weighted by atomic mass is 16.6. The van der Waals surface area contributed by atoms with E-state index in [-0.39, 0.29) is 42.7 Å². The molecule has 0 heterocycles. The van der Waals surface area contributed by atoms with E-state index in [0.29, 0.717) is 19.3 Å². The third-order valence-electron chi connectivity index (χ3n) is 9.81. The number of hydrogen-bond acceptors (Lipinski definition) is 6. The fourth-order valence-corrected chi connectivity index (χ4v) is 6.26. The van der Waals surface area contributed by atoms with Crippen LogP contribution in [0.15, 0.2) is 85.1 Å². The first-order chi connectivity index (χ1) is 28.6. The lowest BCUT2D eigenvalue weighted by molar-refractivity contribution is -0.887. The average Bonchev–Trinajstić information content (AvgIpc) is 3.19. The summed E-state index contributed by atoms with van der Waals surface area (Å²) < 4.78 is 17.2. The normalized spacial score (nSPS) is 13.7. The second-order valence-electron chi connectivity index (χ2n) is 16.3. The number of allylic oxidation sites excluding steroid dienone is 14. The summed E-state index contributed by atoms with van der Waals surface area (Å²) in [5.74, 6) is -1.55. The van der Waals surface area contributed by atoms with Gasteiger partial charge in [0.1, 0.15) is 6.61 Å². The molecule has 59 heavy (non-hydrogen) atoms. The maximum Gasteiger partial charge on any atom is 0.362 e. The van der Waals surface area contributed by atoms with Crippen LogP contribution in [0.4, 0.5) is 0 Å². The van der Waals surface area contributed by atoms with Gasteiger partial charge in [0.2, 0.25) is 0 Å². The summed E-state index contributed by atoms with van der Waals surface area (Å²) >= 11 is 0. The minimum Gasteiger partial charge on any atom is -0.477 e. The van der Waals surface area contributed by atoms with E-state index in [0.717, 1.165) is 70.6 Å². The molecule has 0 amide bonds. The number of carboxylic acid groups (broad SMARTS) is 1. The maximum absolute atomic E-state index is 12.7. The van der Waals surface area contributed by atoms with Gasteiger partial charge in [-0.2, -0.15) is 0 Å². The Labute approximate surface area is 361 Å². The number of esters is 2. The molecule has 0 aromatic rings. The fourth-order valence-electron chi connectivity index (χ4n) is 6.26. The maximum atomic E-state index is 12.7. The molecule has 0 saturated heterocycles. The van der Waals surface area contributed by atoms with Gasteiger partial charge in [-0.3, -0.25) is 9.59 Å². The number of carbonyl (C=O) groups excluding carboxylic acids is 2.